The Morgan fingerprint density at radius 3 is 3.00 bits per heavy atom. The molecule has 4 rings (SSSR count). The van der Waals surface area contributed by atoms with E-state index in [1.165, 1.54) is 11.3 Å². The number of hydrazone groups is 1. The Morgan fingerprint density at radius 1 is 1.17 bits per heavy atom. The molecule has 0 saturated heterocycles. The van der Waals surface area contributed by atoms with Crippen LogP contribution in [-0.2, 0) is 6.42 Å². The molecule has 3 aromatic rings. The summed E-state index contributed by atoms with van der Waals surface area (Å²) in [6.07, 6.45) is 4.71. The molecule has 1 aliphatic rings. The predicted molar refractivity (Wildman–Crippen MR) is 94.4 cm³/mol. The number of hydrogen-bond donors (Lipinski definition) is 1. The lowest BCUT2D eigenvalue weighted by Crippen LogP contribution is -2.11. The van der Waals surface area contributed by atoms with Crippen molar-refractivity contribution in [1.29, 1.82) is 0 Å². The van der Waals surface area contributed by atoms with Gasteiger partial charge < -0.3 is 4.42 Å². The smallest absolute Gasteiger partial charge is 0.203 e. The Morgan fingerprint density at radius 2 is 2.09 bits per heavy atom. The van der Waals surface area contributed by atoms with Gasteiger partial charge in [0, 0.05) is 28.0 Å². The van der Waals surface area contributed by atoms with Crippen LogP contribution in [0, 0.1) is 0 Å². The van der Waals surface area contributed by atoms with Crippen LogP contribution in [-0.4, -0.2) is 10.7 Å². The Bertz CT molecular complexity index is 868. The molecule has 1 aliphatic carbocycles. The van der Waals surface area contributed by atoms with Crippen molar-refractivity contribution in [1.82, 2.24) is 4.98 Å². The lowest BCUT2D eigenvalue weighted by Gasteiger charge is -2.12. The Labute approximate surface area is 142 Å². The van der Waals surface area contributed by atoms with E-state index < -0.39 is 0 Å². The van der Waals surface area contributed by atoms with Gasteiger partial charge in [0.2, 0.25) is 5.13 Å². The van der Waals surface area contributed by atoms with Crippen molar-refractivity contribution in [2.24, 2.45) is 5.10 Å². The van der Waals surface area contributed by atoms with Gasteiger partial charge in [-0.25, -0.2) is 4.98 Å². The van der Waals surface area contributed by atoms with Gasteiger partial charge >= 0.3 is 0 Å². The first-order chi connectivity index (χ1) is 11.3. The second-order valence-electron chi connectivity index (χ2n) is 5.30. The van der Waals surface area contributed by atoms with Crippen molar-refractivity contribution < 1.29 is 4.42 Å². The number of benzene rings is 1. The highest BCUT2D eigenvalue weighted by molar-refractivity contribution is 7.14. The maximum Gasteiger partial charge on any atom is 0.203 e. The van der Waals surface area contributed by atoms with E-state index in [9.17, 15) is 0 Å². The van der Waals surface area contributed by atoms with Crippen LogP contribution in [0.1, 0.15) is 24.2 Å². The van der Waals surface area contributed by atoms with Gasteiger partial charge in [0.15, 0.2) is 0 Å². The SMILES string of the molecule is Clc1ccccc1-c1csc(N/N=C2\CCCc3occc32)n1. The zero-order valence-corrected chi connectivity index (χ0v) is 13.8. The minimum atomic E-state index is 0.700. The molecular formula is C17H14ClN3OS. The lowest BCUT2D eigenvalue weighted by atomic mass is 9.97. The number of hydrogen-bond acceptors (Lipinski definition) is 5. The van der Waals surface area contributed by atoms with E-state index in [0.717, 1.165) is 52.7 Å². The van der Waals surface area contributed by atoms with Gasteiger partial charge in [0.25, 0.3) is 0 Å². The van der Waals surface area contributed by atoms with E-state index in [2.05, 4.69) is 15.5 Å². The molecule has 2 heterocycles. The molecule has 2 aromatic heterocycles. The minimum Gasteiger partial charge on any atom is -0.469 e. The summed E-state index contributed by atoms with van der Waals surface area (Å²) in [6, 6.07) is 9.68. The van der Waals surface area contributed by atoms with Crippen LogP contribution in [0.5, 0.6) is 0 Å². The average molecular weight is 344 g/mol. The number of nitrogens with one attached hydrogen (secondary N) is 1. The topological polar surface area (TPSA) is 50.4 Å². The number of aryl methyl sites for hydroxylation is 1. The molecule has 0 amide bonds. The molecule has 0 atom stereocenters. The fourth-order valence-corrected chi connectivity index (χ4v) is 3.58. The van der Waals surface area contributed by atoms with Crippen molar-refractivity contribution in [3.8, 4) is 11.3 Å². The summed E-state index contributed by atoms with van der Waals surface area (Å²) in [4.78, 5) is 4.56. The predicted octanol–water partition coefficient (Wildman–Crippen LogP) is 5.21. The van der Waals surface area contributed by atoms with Crippen LogP contribution in [0.25, 0.3) is 11.3 Å². The first kappa shape index (κ1) is 14.5. The molecule has 0 spiro atoms. The summed E-state index contributed by atoms with van der Waals surface area (Å²) in [6.45, 7) is 0. The number of fused-ring (bicyclic) bond motifs is 1. The molecule has 116 valence electrons. The number of nitrogens with zero attached hydrogens (tertiary/aromatic N) is 2. The monoisotopic (exact) mass is 343 g/mol. The maximum atomic E-state index is 6.22. The van der Waals surface area contributed by atoms with Crippen molar-refractivity contribution in [2.45, 2.75) is 19.3 Å². The molecule has 1 N–H and O–H groups in total. The Balaban J connectivity index is 1.56. The summed E-state index contributed by atoms with van der Waals surface area (Å²) < 4.78 is 5.48. The summed E-state index contributed by atoms with van der Waals surface area (Å²) >= 11 is 7.73. The number of anilines is 1. The zero-order chi connectivity index (χ0) is 15.6. The van der Waals surface area contributed by atoms with E-state index in [4.69, 9.17) is 16.0 Å². The number of rotatable bonds is 3. The third-order valence-corrected chi connectivity index (χ3v) is 4.89. The minimum absolute atomic E-state index is 0.700. The molecular weight excluding hydrogens is 330 g/mol. The first-order valence-corrected chi connectivity index (χ1v) is 8.67. The highest BCUT2D eigenvalue weighted by Crippen LogP contribution is 2.30. The van der Waals surface area contributed by atoms with Crippen LogP contribution < -0.4 is 5.43 Å². The molecule has 0 aliphatic heterocycles. The van der Waals surface area contributed by atoms with E-state index in [1.54, 1.807) is 6.26 Å². The van der Waals surface area contributed by atoms with Gasteiger partial charge in [-0.3, -0.25) is 5.43 Å². The van der Waals surface area contributed by atoms with Crippen LogP contribution in [0.3, 0.4) is 0 Å². The van der Waals surface area contributed by atoms with E-state index in [1.807, 2.05) is 35.7 Å². The standard InChI is InChI=1S/C17H14ClN3OS/c18-13-5-2-1-4-11(13)15-10-23-17(19-15)21-20-14-6-3-7-16-12(14)8-9-22-16/h1-2,4-5,8-10H,3,6-7H2,(H,19,21)/b20-14+. The van der Waals surface area contributed by atoms with E-state index in [0.29, 0.717) is 5.02 Å². The first-order valence-electron chi connectivity index (χ1n) is 7.41. The largest absolute Gasteiger partial charge is 0.469 e. The second-order valence-corrected chi connectivity index (χ2v) is 6.56. The van der Waals surface area contributed by atoms with Crippen LogP contribution in [0.2, 0.25) is 5.02 Å². The summed E-state index contributed by atoms with van der Waals surface area (Å²) in [7, 11) is 0. The average Bonchev–Trinajstić information content (AvgIpc) is 3.22. The van der Waals surface area contributed by atoms with Gasteiger partial charge in [0.05, 0.1) is 17.7 Å². The number of thiazole rings is 1. The van der Waals surface area contributed by atoms with Crippen LogP contribution in [0.4, 0.5) is 5.13 Å². The van der Waals surface area contributed by atoms with Gasteiger partial charge in [0.1, 0.15) is 5.76 Å². The van der Waals surface area contributed by atoms with Gasteiger partial charge in [-0.15, -0.1) is 11.3 Å². The number of furan rings is 1. The van der Waals surface area contributed by atoms with Crippen molar-refractivity contribution in [3.63, 3.8) is 0 Å². The fraction of sp³-hybridized carbons (Fsp3) is 0.176. The number of halogens is 1. The van der Waals surface area contributed by atoms with Crippen LogP contribution >= 0.6 is 22.9 Å². The zero-order valence-electron chi connectivity index (χ0n) is 12.3. The highest BCUT2D eigenvalue weighted by atomic mass is 35.5. The van der Waals surface area contributed by atoms with Crippen molar-refractivity contribution >= 4 is 33.8 Å². The Hall–Kier alpha value is -2.11. The molecule has 4 nitrogen and oxygen atoms in total. The van der Waals surface area contributed by atoms with E-state index in [-0.39, 0.29) is 0 Å². The van der Waals surface area contributed by atoms with Crippen LogP contribution in [0.15, 0.2) is 51.5 Å². The fourth-order valence-electron chi connectivity index (χ4n) is 2.69. The van der Waals surface area contributed by atoms with Crippen molar-refractivity contribution in [3.05, 3.63) is 58.3 Å². The Kier molecular flexibility index (Phi) is 3.89. The van der Waals surface area contributed by atoms with E-state index >= 15 is 0 Å². The third kappa shape index (κ3) is 2.90. The third-order valence-electron chi connectivity index (χ3n) is 3.81. The number of aromatic nitrogens is 1. The van der Waals surface area contributed by atoms with Crippen molar-refractivity contribution in [2.75, 3.05) is 5.43 Å². The summed E-state index contributed by atoms with van der Waals surface area (Å²) in [5.74, 6) is 1.02. The molecule has 23 heavy (non-hydrogen) atoms. The molecule has 1 aromatic carbocycles. The second kappa shape index (κ2) is 6.18. The molecule has 0 fully saturated rings. The quantitative estimate of drug-likeness (QED) is 0.664. The van der Waals surface area contributed by atoms with Gasteiger partial charge in [-0.05, 0) is 25.0 Å². The normalized spacial score (nSPS) is 15.6. The molecule has 6 heteroatoms. The van der Waals surface area contributed by atoms with Gasteiger partial charge in [-0.1, -0.05) is 29.8 Å². The molecule has 0 radical (unpaired) electrons. The van der Waals surface area contributed by atoms with Gasteiger partial charge in [-0.2, -0.15) is 5.10 Å². The maximum absolute atomic E-state index is 6.22. The highest BCUT2D eigenvalue weighted by Gasteiger charge is 2.18. The molecule has 0 bridgehead atoms. The molecule has 0 unspecified atom stereocenters. The lowest BCUT2D eigenvalue weighted by molar-refractivity contribution is 0.498. The summed E-state index contributed by atoms with van der Waals surface area (Å²) in [5.41, 5.74) is 6.98. The summed E-state index contributed by atoms with van der Waals surface area (Å²) in [5, 5.41) is 7.95. The molecule has 0 saturated carbocycles.